The highest BCUT2D eigenvalue weighted by Gasteiger charge is 2.36. The fraction of sp³-hybridized carbons (Fsp3) is 0.417. The second-order valence-electron chi connectivity index (χ2n) is 8.79. The van der Waals surface area contributed by atoms with Crippen LogP contribution < -0.4 is 10.3 Å². The van der Waals surface area contributed by atoms with E-state index >= 15 is 0 Å². The molecule has 0 unspecified atom stereocenters. The summed E-state index contributed by atoms with van der Waals surface area (Å²) < 4.78 is 10.1. The zero-order valence-electron chi connectivity index (χ0n) is 17.5. The molecule has 30 heavy (non-hydrogen) atoms. The Hall–Kier alpha value is -3.02. The first-order valence-corrected chi connectivity index (χ1v) is 10.7. The summed E-state index contributed by atoms with van der Waals surface area (Å²) >= 11 is 0. The van der Waals surface area contributed by atoms with Gasteiger partial charge in [-0.1, -0.05) is 12.1 Å². The molecule has 4 heterocycles. The van der Waals surface area contributed by atoms with Crippen molar-refractivity contribution >= 4 is 16.8 Å². The van der Waals surface area contributed by atoms with Crippen molar-refractivity contribution in [3.63, 3.8) is 0 Å². The number of benzene rings is 1. The molecule has 0 saturated carbocycles. The second-order valence-corrected chi connectivity index (χ2v) is 8.79. The first-order valence-electron chi connectivity index (χ1n) is 10.7. The van der Waals surface area contributed by atoms with E-state index in [1.54, 1.807) is 6.07 Å². The second kappa shape index (κ2) is 7.35. The van der Waals surface area contributed by atoms with Gasteiger partial charge in [0, 0.05) is 54.9 Å². The van der Waals surface area contributed by atoms with E-state index in [1.807, 2.05) is 33.7 Å². The van der Waals surface area contributed by atoms with Crippen LogP contribution in [0.2, 0.25) is 0 Å². The number of piperidine rings is 1. The molecule has 2 aliphatic rings. The van der Waals surface area contributed by atoms with Crippen molar-refractivity contribution in [1.82, 2.24) is 14.0 Å². The van der Waals surface area contributed by atoms with Gasteiger partial charge in [-0.15, -0.1) is 0 Å². The van der Waals surface area contributed by atoms with Crippen LogP contribution in [0.5, 0.6) is 5.75 Å². The largest absolute Gasteiger partial charge is 0.483 e. The molecule has 2 aromatic heterocycles. The molecule has 1 amide bonds. The number of ether oxygens (including phenoxy) is 1. The molecular formula is C24H27N3O3. The van der Waals surface area contributed by atoms with Gasteiger partial charge in [-0.25, -0.2) is 0 Å². The van der Waals surface area contributed by atoms with Crippen molar-refractivity contribution in [1.29, 1.82) is 0 Å². The molecule has 3 aromatic rings. The highest BCUT2D eigenvalue weighted by atomic mass is 16.5. The van der Waals surface area contributed by atoms with Crippen molar-refractivity contribution in [2.24, 2.45) is 5.92 Å². The Morgan fingerprint density at radius 3 is 2.77 bits per heavy atom. The van der Waals surface area contributed by atoms with E-state index in [0.29, 0.717) is 31.6 Å². The molecule has 1 saturated heterocycles. The molecule has 1 aromatic carbocycles. The maximum absolute atomic E-state index is 13.0. The first kappa shape index (κ1) is 19.0. The third-order valence-corrected chi connectivity index (χ3v) is 6.46. The maximum atomic E-state index is 13.0. The monoisotopic (exact) mass is 405 g/mol. The lowest BCUT2D eigenvalue weighted by Gasteiger charge is -2.42. The highest BCUT2D eigenvalue weighted by Crippen LogP contribution is 2.35. The van der Waals surface area contributed by atoms with Gasteiger partial charge in [-0.05, 0) is 50.5 Å². The lowest BCUT2D eigenvalue weighted by atomic mass is 9.83. The van der Waals surface area contributed by atoms with Crippen molar-refractivity contribution in [2.45, 2.75) is 38.8 Å². The Balaban J connectivity index is 1.31. The molecule has 1 fully saturated rings. The summed E-state index contributed by atoms with van der Waals surface area (Å²) in [6.07, 6.45) is 3.10. The summed E-state index contributed by atoms with van der Waals surface area (Å²) in [5, 5.41) is 1.03. The summed E-state index contributed by atoms with van der Waals surface area (Å²) in [5.41, 5.74) is 2.23. The van der Waals surface area contributed by atoms with Gasteiger partial charge in [0.2, 0.25) is 0 Å². The van der Waals surface area contributed by atoms with Crippen LogP contribution in [-0.2, 0) is 11.3 Å². The lowest BCUT2D eigenvalue weighted by molar-refractivity contribution is -0.136. The van der Waals surface area contributed by atoms with Crippen LogP contribution in [0.3, 0.4) is 0 Å². The smallest absolute Gasteiger partial charge is 0.260 e. The molecule has 0 spiro atoms. The third kappa shape index (κ3) is 3.20. The van der Waals surface area contributed by atoms with Gasteiger partial charge in [0.1, 0.15) is 5.75 Å². The average Bonchev–Trinajstić information content (AvgIpc) is 3.18. The number of amides is 1. The molecule has 0 aliphatic carbocycles. The van der Waals surface area contributed by atoms with E-state index < -0.39 is 0 Å². The number of hydrogen-bond acceptors (Lipinski definition) is 3. The summed E-state index contributed by atoms with van der Waals surface area (Å²) in [6, 6.07) is 13.9. The van der Waals surface area contributed by atoms with Crippen LogP contribution in [0.1, 0.15) is 37.9 Å². The summed E-state index contributed by atoms with van der Waals surface area (Å²) in [7, 11) is 0. The van der Waals surface area contributed by atoms with Crippen LogP contribution in [0.25, 0.3) is 10.9 Å². The van der Waals surface area contributed by atoms with E-state index in [9.17, 15) is 9.59 Å². The number of rotatable bonds is 4. The molecule has 6 heteroatoms. The van der Waals surface area contributed by atoms with Crippen LogP contribution >= 0.6 is 0 Å². The molecule has 2 aliphatic heterocycles. The lowest BCUT2D eigenvalue weighted by Crippen LogP contribution is -2.50. The predicted molar refractivity (Wildman–Crippen MR) is 116 cm³/mol. The molecule has 6 nitrogen and oxygen atoms in total. The van der Waals surface area contributed by atoms with Crippen molar-refractivity contribution < 1.29 is 9.53 Å². The molecule has 0 radical (unpaired) electrons. The van der Waals surface area contributed by atoms with Crippen molar-refractivity contribution in [3.8, 4) is 5.75 Å². The number of carbonyl (C=O) groups is 1. The summed E-state index contributed by atoms with van der Waals surface area (Å²) in [4.78, 5) is 27.1. The van der Waals surface area contributed by atoms with Crippen LogP contribution in [0.4, 0.5) is 0 Å². The minimum atomic E-state index is 0.0109. The Labute approximate surface area is 175 Å². The molecule has 5 rings (SSSR count). The van der Waals surface area contributed by atoms with Gasteiger partial charge in [0.15, 0.2) is 6.61 Å². The summed E-state index contributed by atoms with van der Waals surface area (Å²) in [6.45, 7) is 6.36. The Kier molecular flexibility index (Phi) is 4.65. The van der Waals surface area contributed by atoms with Crippen LogP contribution in [0, 0.1) is 5.92 Å². The van der Waals surface area contributed by atoms with Crippen LogP contribution in [-0.4, -0.2) is 39.6 Å². The molecule has 2 bridgehead atoms. The van der Waals surface area contributed by atoms with E-state index in [0.717, 1.165) is 28.8 Å². The Morgan fingerprint density at radius 1 is 1.10 bits per heavy atom. The first-order chi connectivity index (χ1) is 14.5. The number of hydrogen-bond donors (Lipinski definition) is 0. The maximum Gasteiger partial charge on any atom is 0.260 e. The normalized spacial score (nSPS) is 20.4. The standard InChI is InChI=1S/C24H27N3O3/c1-16(2)26-10-9-19-21(26)6-3-7-22(19)30-15-24(29)25-12-17-11-18(14-25)20-5-4-8-23(28)27(20)13-17/h3-10,16-18H,11-15H2,1-2H3/t17-,18+/m1/s1. The molecular weight excluding hydrogens is 378 g/mol. The number of fused-ring (bicyclic) bond motifs is 5. The van der Waals surface area contributed by atoms with Crippen LogP contribution in [0.15, 0.2) is 53.5 Å². The summed E-state index contributed by atoms with van der Waals surface area (Å²) in [5.74, 6) is 1.30. The third-order valence-electron chi connectivity index (χ3n) is 6.46. The van der Waals surface area contributed by atoms with Gasteiger partial charge in [-0.2, -0.15) is 0 Å². The Morgan fingerprint density at radius 2 is 1.93 bits per heavy atom. The SMILES string of the molecule is CC(C)n1ccc2c(OCC(=O)N3C[C@H]4C[C@@H](C3)c3cccc(=O)n3C4)cccc21. The van der Waals surface area contributed by atoms with E-state index in [-0.39, 0.29) is 24.0 Å². The molecule has 156 valence electrons. The number of carbonyl (C=O) groups excluding carboxylic acids is 1. The zero-order valence-corrected chi connectivity index (χ0v) is 17.5. The molecule has 0 N–H and O–H groups in total. The van der Waals surface area contributed by atoms with Gasteiger partial charge >= 0.3 is 0 Å². The number of aromatic nitrogens is 2. The molecule has 2 atom stereocenters. The predicted octanol–water partition coefficient (Wildman–Crippen LogP) is 3.41. The van der Waals surface area contributed by atoms with E-state index in [4.69, 9.17) is 4.74 Å². The fourth-order valence-corrected chi connectivity index (χ4v) is 5.07. The highest BCUT2D eigenvalue weighted by molar-refractivity contribution is 5.87. The van der Waals surface area contributed by atoms with Crippen molar-refractivity contribution in [3.05, 3.63) is 64.7 Å². The minimum absolute atomic E-state index is 0.0109. The number of nitrogens with zero attached hydrogens (tertiary/aromatic N) is 3. The number of pyridine rings is 1. The Bertz CT molecular complexity index is 1160. The average molecular weight is 405 g/mol. The van der Waals surface area contributed by atoms with E-state index in [1.165, 1.54) is 0 Å². The minimum Gasteiger partial charge on any atom is -0.483 e. The van der Waals surface area contributed by atoms with Gasteiger partial charge in [0.05, 0.1) is 5.52 Å². The zero-order chi connectivity index (χ0) is 20.8. The number of likely N-dealkylation sites (tertiary alicyclic amines) is 1. The van der Waals surface area contributed by atoms with Gasteiger partial charge in [0.25, 0.3) is 11.5 Å². The quantitative estimate of drug-likeness (QED) is 0.668. The van der Waals surface area contributed by atoms with Gasteiger partial charge in [-0.3, -0.25) is 9.59 Å². The topological polar surface area (TPSA) is 56.5 Å². The van der Waals surface area contributed by atoms with Gasteiger partial charge < -0.3 is 18.8 Å². The van der Waals surface area contributed by atoms with E-state index in [2.05, 4.69) is 36.7 Å². The van der Waals surface area contributed by atoms with Crippen molar-refractivity contribution in [2.75, 3.05) is 19.7 Å². The fourth-order valence-electron chi connectivity index (χ4n) is 5.07.